The van der Waals surface area contributed by atoms with E-state index in [0.29, 0.717) is 28.7 Å². The van der Waals surface area contributed by atoms with Crippen LogP contribution in [-0.2, 0) is 0 Å². The van der Waals surface area contributed by atoms with E-state index in [-0.39, 0.29) is 17.9 Å². The molecule has 1 aliphatic carbocycles. The van der Waals surface area contributed by atoms with E-state index >= 15 is 0 Å². The fourth-order valence-electron chi connectivity index (χ4n) is 3.49. The summed E-state index contributed by atoms with van der Waals surface area (Å²) < 4.78 is 0. The summed E-state index contributed by atoms with van der Waals surface area (Å²) in [5, 5.41) is 0. The van der Waals surface area contributed by atoms with Crippen LogP contribution < -0.4 is 5.73 Å². The van der Waals surface area contributed by atoms with Crippen molar-refractivity contribution >= 4 is 17.5 Å². The van der Waals surface area contributed by atoms with Crippen LogP contribution in [0.25, 0.3) is 0 Å². The second-order valence-corrected chi connectivity index (χ2v) is 6.21. The summed E-state index contributed by atoms with van der Waals surface area (Å²) in [4.78, 5) is 26.6. The number of anilines is 1. The molecule has 2 aliphatic rings. The average molecular weight is 272 g/mol. The van der Waals surface area contributed by atoms with E-state index in [1.54, 1.807) is 18.2 Å². The van der Waals surface area contributed by atoms with Crippen LogP contribution in [0.15, 0.2) is 18.2 Å². The molecule has 0 saturated heterocycles. The largest absolute Gasteiger partial charge is 0.398 e. The van der Waals surface area contributed by atoms with Gasteiger partial charge in [0.15, 0.2) is 0 Å². The monoisotopic (exact) mass is 272 g/mol. The van der Waals surface area contributed by atoms with Crippen molar-refractivity contribution in [1.29, 1.82) is 0 Å². The van der Waals surface area contributed by atoms with Crippen molar-refractivity contribution in [2.45, 2.75) is 39.2 Å². The number of rotatable bonds is 1. The lowest BCUT2D eigenvalue weighted by atomic mass is 9.79. The van der Waals surface area contributed by atoms with Crippen molar-refractivity contribution in [3.05, 3.63) is 29.3 Å². The molecule has 1 saturated carbocycles. The molecule has 3 rings (SSSR count). The predicted octanol–water partition coefficient (Wildman–Crippen LogP) is 2.69. The lowest BCUT2D eigenvalue weighted by Gasteiger charge is -2.37. The maximum absolute atomic E-state index is 12.6. The van der Waals surface area contributed by atoms with Crippen molar-refractivity contribution in [3.63, 3.8) is 0 Å². The van der Waals surface area contributed by atoms with Gasteiger partial charge < -0.3 is 5.73 Å². The van der Waals surface area contributed by atoms with E-state index in [4.69, 9.17) is 5.73 Å². The summed E-state index contributed by atoms with van der Waals surface area (Å²) in [6.07, 6.45) is 3.13. The Morgan fingerprint density at radius 1 is 1.15 bits per heavy atom. The first-order chi connectivity index (χ1) is 9.50. The Morgan fingerprint density at radius 3 is 2.60 bits per heavy atom. The highest BCUT2D eigenvalue weighted by atomic mass is 16.2. The van der Waals surface area contributed by atoms with Gasteiger partial charge in [0.2, 0.25) is 0 Å². The molecular weight excluding hydrogens is 252 g/mol. The fourth-order valence-corrected chi connectivity index (χ4v) is 3.49. The third-order valence-corrected chi connectivity index (χ3v) is 4.73. The number of fused-ring (bicyclic) bond motifs is 1. The summed E-state index contributed by atoms with van der Waals surface area (Å²) in [5.41, 5.74) is 7.13. The predicted molar refractivity (Wildman–Crippen MR) is 77.3 cm³/mol. The van der Waals surface area contributed by atoms with Crippen LogP contribution in [0.4, 0.5) is 5.69 Å². The molecule has 1 fully saturated rings. The molecule has 0 radical (unpaired) electrons. The summed E-state index contributed by atoms with van der Waals surface area (Å²) in [6.45, 7) is 4.31. The van der Waals surface area contributed by atoms with Crippen LogP contribution in [0.1, 0.15) is 53.8 Å². The van der Waals surface area contributed by atoms with Crippen LogP contribution in [0.3, 0.4) is 0 Å². The summed E-state index contributed by atoms with van der Waals surface area (Å²) in [6, 6.07) is 5.12. The van der Waals surface area contributed by atoms with E-state index in [1.807, 2.05) is 0 Å². The maximum atomic E-state index is 12.6. The first-order valence-corrected chi connectivity index (χ1v) is 7.27. The number of carbonyl (C=O) groups is 2. The van der Waals surface area contributed by atoms with Gasteiger partial charge in [0, 0.05) is 11.7 Å². The normalized spacial score (nSPS) is 29.7. The minimum Gasteiger partial charge on any atom is -0.398 e. The van der Waals surface area contributed by atoms with Crippen LogP contribution >= 0.6 is 0 Å². The van der Waals surface area contributed by atoms with Crippen molar-refractivity contribution in [2.75, 3.05) is 5.73 Å². The minimum absolute atomic E-state index is 0.00514. The number of carbonyl (C=O) groups excluding carboxylic acids is 2. The molecule has 2 N–H and O–H groups in total. The van der Waals surface area contributed by atoms with Crippen molar-refractivity contribution in [1.82, 2.24) is 4.90 Å². The number of nitrogens with zero attached hydrogens (tertiary/aromatic N) is 1. The molecule has 0 spiro atoms. The van der Waals surface area contributed by atoms with E-state index in [0.717, 1.165) is 12.8 Å². The zero-order chi connectivity index (χ0) is 14.4. The number of hydrogen-bond acceptors (Lipinski definition) is 3. The van der Waals surface area contributed by atoms with Gasteiger partial charge in [-0.05, 0) is 36.8 Å². The molecule has 3 unspecified atom stereocenters. The van der Waals surface area contributed by atoms with E-state index < -0.39 is 0 Å². The van der Waals surface area contributed by atoms with Gasteiger partial charge in [0.05, 0.1) is 11.1 Å². The van der Waals surface area contributed by atoms with Gasteiger partial charge in [-0.25, -0.2) is 0 Å². The van der Waals surface area contributed by atoms with Crippen LogP contribution in [0.5, 0.6) is 0 Å². The lowest BCUT2D eigenvalue weighted by molar-refractivity contribution is 0.0450. The molecule has 3 atom stereocenters. The second-order valence-electron chi connectivity index (χ2n) is 6.21. The Hall–Kier alpha value is -1.84. The van der Waals surface area contributed by atoms with Gasteiger partial charge in [-0.1, -0.05) is 26.3 Å². The first-order valence-electron chi connectivity index (χ1n) is 7.27. The second kappa shape index (κ2) is 4.62. The Bertz CT molecular complexity index is 582. The van der Waals surface area contributed by atoms with Gasteiger partial charge in [-0.3, -0.25) is 14.5 Å². The smallest absolute Gasteiger partial charge is 0.263 e. The SMILES string of the molecule is CC1CCC(C)C(N2C(=O)c3cccc(N)c3C2=O)C1. The zero-order valence-electron chi connectivity index (χ0n) is 11.9. The molecule has 0 aromatic heterocycles. The standard InChI is InChI=1S/C16H20N2O2/c1-9-6-7-10(2)13(8-9)18-15(19)11-4-3-5-12(17)14(11)16(18)20/h3-5,9-10,13H,6-8,17H2,1-2H3. The van der Waals surface area contributed by atoms with Gasteiger partial charge in [-0.2, -0.15) is 0 Å². The number of benzene rings is 1. The van der Waals surface area contributed by atoms with Crippen LogP contribution in [0.2, 0.25) is 0 Å². The zero-order valence-corrected chi connectivity index (χ0v) is 11.9. The number of nitrogens with two attached hydrogens (primary N) is 1. The number of nitrogen functional groups attached to an aromatic ring is 1. The fraction of sp³-hybridized carbons (Fsp3) is 0.500. The Balaban J connectivity index is 1.99. The molecule has 1 aromatic carbocycles. The van der Waals surface area contributed by atoms with Crippen molar-refractivity contribution < 1.29 is 9.59 Å². The highest BCUT2D eigenvalue weighted by Crippen LogP contribution is 2.37. The van der Waals surface area contributed by atoms with E-state index in [2.05, 4.69) is 13.8 Å². The van der Waals surface area contributed by atoms with Gasteiger partial charge >= 0.3 is 0 Å². The molecule has 20 heavy (non-hydrogen) atoms. The van der Waals surface area contributed by atoms with Crippen LogP contribution in [0, 0.1) is 11.8 Å². The highest BCUT2D eigenvalue weighted by Gasteiger charge is 2.44. The van der Waals surface area contributed by atoms with Gasteiger partial charge in [0.1, 0.15) is 0 Å². The molecular formula is C16H20N2O2. The molecule has 1 heterocycles. The van der Waals surface area contributed by atoms with Crippen molar-refractivity contribution in [3.8, 4) is 0 Å². The molecule has 106 valence electrons. The maximum Gasteiger partial charge on any atom is 0.263 e. The summed E-state index contributed by atoms with van der Waals surface area (Å²) in [7, 11) is 0. The molecule has 4 nitrogen and oxygen atoms in total. The van der Waals surface area contributed by atoms with Gasteiger partial charge in [0.25, 0.3) is 11.8 Å². The summed E-state index contributed by atoms with van der Waals surface area (Å²) >= 11 is 0. The number of imide groups is 1. The number of amides is 2. The topological polar surface area (TPSA) is 63.4 Å². The lowest BCUT2D eigenvalue weighted by Crippen LogP contribution is -2.46. The third-order valence-electron chi connectivity index (χ3n) is 4.73. The Labute approximate surface area is 118 Å². The van der Waals surface area contributed by atoms with Gasteiger partial charge in [-0.15, -0.1) is 0 Å². The molecule has 1 aliphatic heterocycles. The molecule has 4 heteroatoms. The molecule has 2 amide bonds. The summed E-state index contributed by atoms with van der Waals surface area (Å²) in [5.74, 6) is 0.518. The molecule has 0 bridgehead atoms. The highest BCUT2D eigenvalue weighted by molar-refractivity contribution is 6.23. The molecule has 1 aromatic rings. The Morgan fingerprint density at radius 2 is 1.90 bits per heavy atom. The third kappa shape index (κ3) is 1.82. The quantitative estimate of drug-likeness (QED) is 0.631. The van der Waals surface area contributed by atoms with E-state index in [9.17, 15) is 9.59 Å². The average Bonchev–Trinajstić information content (AvgIpc) is 2.66. The van der Waals surface area contributed by atoms with Crippen LogP contribution in [-0.4, -0.2) is 22.8 Å². The van der Waals surface area contributed by atoms with Crippen molar-refractivity contribution in [2.24, 2.45) is 11.8 Å². The van der Waals surface area contributed by atoms with E-state index in [1.165, 1.54) is 11.3 Å². The first kappa shape index (κ1) is 13.2. The number of hydrogen-bond donors (Lipinski definition) is 1. The Kier molecular flexibility index (Phi) is 3.04. The minimum atomic E-state index is -0.214.